The molecule has 1 atom stereocenters. The lowest BCUT2D eigenvalue weighted by Crippen LogP contribution is -2.29. The Kier molecular flexibility index (Phi) is 5.91. The van der Waals surface area contributed by atoms with Crippen LogP contribution in [-0.2, 0) is 25.6 Å². The predicted octanol–water partition coefficient (Wildman–Crippen LogP) is 3.47. The topological polar surface area (TPSA) is 132 Å². The predicted molar refractivity (Wildman–Crippen MR) is 115 cm³/mol. The number of phenols is 1. The Morgan fingerprint density at radius 2 is 1.85 bits per heavy atom. The zero-order valence-electron chi connectivity index (χ0n) is 18.0. The molecule has 1 aromatic carbocycles. The van der Waals surface area contributed by atoms with Crippen molar-refractivity contribution in [2.45, 2.75) is 25.4 Å². The first-order valence-electron chi connectivity index (χ1n) is 10.2. The summed E-state index contributed by atoms with van der Waals surface area (Å²) in [7, 11) is 2.42. The van der Waals surface area contributed by atoms with Crippen molar-refractivity contribution in [3.8, 4) is 5.75 Å². The molecule has 0 bridgehead atoms. The number of benzene rings is 1. The SMILES string of the molecule is COC(=O)C1=Cc2ccc(O)cc2C(C2CC2)N(Cc2ccc([N+](=O)[O-])o2)C=C1C(=O)OC. The van der Waals surface area contributed by atoms with Crippen molar-refractivity contribution in [2.75, 3.05) is 14.2 Å². The van der Waals surface area contributed by atoms with E-state index in [1.165, 1.54) is 38.6 Å². The molecule has 4 rings (SSSR count). The fourth-order valence-electron chi connectivity index (χ4n) is 4.04. The van der Waals surface area contributed by atoms with Crippen LogP contribution in [0.3, 0.4) is 0 Å². The van der Waals surface area contributed by atoms with E-state index in [-0.39, 0.29) is 35.4 Å². The van der Waals surface area contributed by atoms with E-state index in [9.17, 15) is 24.8 Å². The summed E-state index contributed by atoms with van der Waals surface area (Å²) in [6, 6.07) is 7.25. The summed E-state index contributed by atoms with van der Waals surface area (Å²) < 4.78 is 15.2. The molecule has 2 aromatic rings. The molecular weight excluding hydrogens is 432 g/mol. The Morgan fingerprint density at radius 1 is 1.15 bits per heavy atom. The van der Waals surface area contributed by atoms with Crippen LogP contribution in [0.25, 0.3) is 6.08 Å². The quantitative estimate of drug-likeness (QED) is 0.396. The maximum atomic E-state index is 12.7. The average Bonchev–Trinajstić information content (AvgIpc) is 3.51. The lowest BCUT2D eigenvalue weighted by molar-refractivity contribution is -0.402. The summed E-state index contributed by atoms with van der Waals surface area (Å²) in [5, 5.41) is 21.3. The lowest BCUT2D eigenvalue weighted by atomic mass is 9.90. The highest BCUT2D eigenvalue weighted by Crippen LogP contribution is 2.48. The summed E-state index contributed by atoms with van der Waals surface area (Å²) in [5.41, 5.74) is 1.35. The van der Waals surface area contributed by atoms with Gasteiger partial charge >= 0.3 is 17.8 Å². The van der Waals surface area contributed by atoms with Gasteiger partial charge in [-0.3, -0.25) is 10.1 Å². The molecule has 1 unspecified atom stereocenters. The minimum absolute atomic E-state index is 0.0130. The number of nitro groups is 1. The Bertz CT molecular complexity index is 1170. The van der Waals surface area contributed by atoms with Gasteiger partial charge in [0.2, 0.25) is 0 Å². The van der Waals surface area contributed by atoms with Gasteiger partial charge in [0, 0.05) is 6.20 Å². The highest BCUT2D eigenvalue weighted by molar-refractivity contribution is 6.10. The standard InChI is InChI=1S/C23H22N2O8/c1-31-22(27)18-9-14-5-6-15(26)10-17(14)21(13-3-4-13)24(12-19(18)23(28)32-2)11-16-7-8-20(33-16)25(29)30/h5-10,12-13,21,26H,3-4,11H2,1-2H3. The number of carbonyl (C=O) groups is 2. The third kappa shape index (κ3) is 4.45. The monoisotopic (exact) mass is 454 g/mol. The number of hydrogen-bond donors (Lipinski definition) is 1. The largest absolute Gasteiger partial charge is 0.508 e. The molecule has 0 amide bonds. The first-order chi connectivity index (χ1) is 15.8. The minimum Gasteiger partial charge on any atom is -0.508 e. The Labute approximate surface area is 188 Å². The van der Waals surface area contributed by atoms with E-state index >= 15 is 0 Å². The summed E-state index contributed by atoms with van der Waals surface area (Å²) in [5.74, 6) is -1.30. The van der Waals surface area contributed by atoms with Gasteiger partial charge in [-0.05, 0) is 54.2 Å². The van der Waals surface area contributed by atoms with Crippen LogP contribution in [0, 0.1) is 16.0 Å². The van der Waals surface area contributed by atoms with Crippen molar-refractivity contribution in [3.05, 3.63) is 74.7 Å². The van der Waals surface area contributed by atoms with Gasteiger partial charge < -0.3 is 23.9 Å². The second kappa shape index (κ2) is 8.81. The first-order valence-corrected chi connectivity index (χ1v) is 10.2. The van der Waals surface area contributed by atoms with Gasteiger partial charge in [0.05, 0.1) is 44.0 Å². The Balaban J connectivity index is 1.91. The summed E-state index contributed by atoms with van der Waals surface area (Å²) in [4.78, 5) is 37.5. The van der Waals surface area contributed by atoms with Crippen molar-refractivity contribution in [2.24, 2.45) is 5.92 Å². The molecule has 0 radical (unpaired) electrons. The minimum atomic E-state index is -0.737. The molecular formula is C23H22N2O8. The number of methoxy groups -OCH3 is 2. The Hall–Kier alpha value is -4.08. The molecule has 1 fully saturated rings. The number of carbonyl (C=O) groups excluding carboxylic acids is 2. The van der Waals surface area contributed by atoms with Crippen molar-refractivity contribution in [1.82, 2.24) is 4.90 Å². The van der Waals surface area contributed by atoms with Crippen LogP contribution in [0.15, 0.2) is 52.1 Å². The highest BCUT2D eigenvalue weighted by atomic mass is 16.6. The molecule has 0 spiro atoms. The smallest absolute Gasteiger partial charge is 0.433 e. The number of esters is 2. The highest BCUT2D eigenvalue weighted by Gasteiger charge is 2.39. The van der Waals surface area contributed by atoms with E-state index in [4.69, 9.17) is 13.9 Å². The summed E-state index contributed by atoms with van der Waals surface area (Å²) in [6.07, 6.45) is 4.89. The van der Waals surface area contributed by atoms with E-state index in [2.05, 4.69) is 0 Å². The van der Waals surface area contributed by atoms with Gasteiger partial charge in [-0.25, -0.2) is 9.59 Å². The summed E-state index contributed by atoms with van der Waals surface area (Å²) >= 11 is 0. The normalized spacial score (nSPS) is 17.8. The maximum absolute atomic E-state index is 12.7. The molecule has 2 heterocycles. The number of ether oxygens (including phenoxy) is 2. The maximum Gasteiger partial charge on any atom is 0.433 e. The molecule has 0 saturated heterocycles. The lowest BCUT2D eigenvalue weighted by Gasteiger charge is -2.34. The van der Waals surface area contributed by atoms with Gasteiger partial charge in [0.1, 0.15) is 16.4 Å². The van der Waals surface area contributed by atoms with Crippen molar-refractivity contribution in [1.29, 1.82) is 0 Å². The number of phenolic OH excluding ortho intramolecular Hbond substituents is 1. The molecule has 172 valence electrons. The van der Waals surface area contributed by atoms with Gasteiger partial charge in [-0.1, -0.05) is 6.07 Å². The van der Waals surface area contributed by atoms with Crippen LogP contribution in [0.5, 0.6) is 5.75 Å². The van der Waals surface area contributed by atoms with Crippen molar-refractivity contribution >= 4 is 23.9 Å². The van der Waals surface area contributed by atoms with Crippen LogP contribution in [-0.4, -0.2) is 41.1 Å². The number of furan rings is 1. The van der Waals surface area contributed by atoms with Crippen LogP contribution in [0.2, 0.25) is 0 Å². The second-order valence-electron chi connectivity index (χ2n) is 7.85. The van der Waals surface area contributed by atoms with Gasteiger partial charge in [0.15, 0.2) is 0 Å². The number of fused-ring (bicyclic) bond motifs is 1. The fraction of sp³-hybridized carbons (Fsp3) is 0.304. The van der Waals surface area contributed by atoms with E-state index in [1.54, 1.807) is 23.1 Å². The molecule has 1 aliphatic heterocycles. The fourth-order valence-corrected chi connectivity index (χ4v) is 4.04. The molecule has 1 saturated carbocycles. The molecule has 10 nitrogen and oxygen atoms in total. The molecule has 1 aromatic heterocycles. The summed E-state index contributed by atoms with van der Waals surface area (Å²) in [6.45, 7) is 0.0824. The van der Waals surface area contributed by atoms with Gasteiger partial charge in [-0.15, -0.1) is 0 Å². The van der Waals surface area contributed by atoms with Crippen LogP contribution in [0.4, 0.5) is 5.88 Å². The van der Waals surface area contributed by atoms with E-state index < -0.39 is 22.7 Å². The number of aromatic hydroxyl groups is 1. The third-order valence-corrected chi connectivity index (χ3v) is 5.68. The average molecular weight is 454 g/mol. The van der Waals surface area contributed by atoms with Crippen molar-refractivity contribution < 1.29 is 33.5 Å². The number of hydrogen-bond acceptors (Lipinski definition) is 9. The molecule has 33 heavy (non-hydrogen) atoms. The van der Waals surface area contributed by atoms with Crippen molar-refractivity contribution in [3.63, 3.8) is 0 Å². The first kappa shape index (κ1) is 22.1. The molecule has 1 aliphatic carbocycles. The van der Waals surface area contributed by atoms with Gasteiger partial charge in [0.25, 0.3) is 0 Å². The van der Waals surface area contributed by atoms with E-state index in [0.717, 1.165) is 18.4 Å². The zero-order valence-corrected chi connectivity index (χ0v) is 18.0. The van der Waals surface area contributed by atoms with E-state index in [1.807, 2.05) is 0 Å². The van der Waals surface area contributed by atoms with Crippen LogP contribution < -0.4 is 0 Å². The van der Waals surface area contributed by atoms with E-state index in [0.29, 0.717) is 11.3 Å². The molecule has 10 heteroatoms. The molecule has 1 N–H and O–H groups in total. The number of rotatable bonds is 6. The number of nitrogens with zero attached hydrogens (tertiary/aromatic N) is 2. The Morgan fingerprint density at radius 3 is 2.45 bits per heavy atom. The third-order valence-electron chi connectivity index (χ3n) is 5.68. The second-order valence-corrected chi connectivity index (χ2v) is 7.85. The zero-order chi connectivity index (χ0) is 23.7. The van der Waals surface area contributed by atoms with Gasteiger partial charge in [-0.2, -0.15) is 0 Å². The van der Waals surface area contributed by atoms with Crippen LogP contribution >= 0.6 is 0 Å². The van der Waals surface area contributed by atoms with Crippen LogP contribution in [0.1, 0.15) is 35.8 Å². The molecule has 2 aliphatic rings.